The Labute approximate surface area is 87.3 Å². The molecule has 0 aliphatic carbocycles. The molecule has 0 N–H and O–H groups in total. The second kappa shape index (κ2) is 4.05. The molecule has 0 saturated carbocycles. The Kier molecular flexibility index (Phi) is 3.26. The molecule has 2 heteroatoms. The summed E-state index contributed by atoms with van der Waals surface area (Å²) in [5.41, 5.74) is 3.49. The average molecular weight is 241 g/mol. The van der Waals surface area contributed by atoms with Gasteiger partial charge in [0.25, 0.3) is 0 Å². The lowest BCUT2D eigenvalue weighted by atomic mass is 10.0. The molecule has 0 fully saturated rings. The minimum atomic E-state index is 0.213. The number of carbonyl (C=O) groups is 1. The monoisotopic (exact) mass is 240 g/mol. The van der Waals surface area contributed by atoms with Gasteiger partial charge in [0.1, 0.15) is 5.78 Å². The van der Waals surface area contributed by atoms with Crippen molar-refractivity contribution in [2.24, 2.45) is 0 Å². The van der Waals surface area contributed by atoms with E-state index in [-0.39, 0.29) is 5.78 Å². The zero-order chi connectivity index (χ0) is 10.0. The highest BCUT2D eigenvalue weighted by Crippen LogP contribution is 2.21. The highest BCUT2D eigenvalue weighted by Gasteiger charge is 2.04. The Morgan fingerprint density at radius 2 is 1.92 bits per heavy atom. The number of carbonyl (C=O) groups excluding carboxylic acids is 1. The van der Waals surface area contributed by atoms with Gasteiger partial charge in [0.2, 0.25) is 0 Å². The molecule has 0 spiro atoms. The summed E-state index contributed by atoms with van der Waals surface area (Å²) >= 11 is 3.46. The van der Waals surface area contributed by atoms with Crippen LogP contribution in [0.1, 0.15) is 23.6 Å². The molecule has 1 aromatic rings. The van der Waals surface area contributed by atoms with Gasteiger partial charge in [-0.25, -0.2) is 0 Å². The number of ketones is 1. The van der Waals surface area contributed by atoms with Gasteiger partial charge in [-0.2, -0.15) is 0 Å². The summed E-state index contributed by atoms with van der Waals surface area (Å²) in [4.78, 5) is 10.9. The van der Waals surface area contributed by atoms with Crippen LogP contribution in [0.15, 0.2) is 16.6 Å². The van der Waals surface area contributed by atoms with Crippen LogP contribution in [0, 0.1) is 13.8 Å². The van der Waals surface area contributed by atoms with Crippen LogP contribution in [0.4, 0.5) is 0 Å². The Balaban J connectivity index is 3.08. The maximum Gasteiger partial charge on any atom is 0.134 e. The van der Waals surface area contributed by atoms with Gasteiger partial charge in [-0.05, 0) is 43.5 Å². The van der Waals surface area contributed by atoms with Gasteiger partial charge >= 0.3 is 0 Å². The van der Waals surface area contributed by atoms with Crippen LogP contribution >= 0.6 is 15.9 Å². The van der Waals surface area contributed by atoms with Gasteiger partial charge < -0.3 is 0 Å². The van der Waals surface area contributed by atoms with Crippen LogP contribution in [-0.2, 0) is 11.2 Å². The van der Waals surface area contributed by atoms with Gasteiger partial charge in [-0.1, -0.05) is 22.0 Å². The molecule has 0 aliphatic rings. The molecule has 1 nitrogen and oxygen atoms in total. The standard InChI is InChI=1S/C11H13BrO/c1-7-5-11(12)8(2)4-10(7)6-9(3)13/h4-5H,6H2,1-3H3. The van der Waals surface area contributed by atoms with Gasteiger partial charge in [-0.3, -0.25) is 4.79 Å². The highest BCUT2D eigenvalue weighted by atomic mass is 79.9. The summed E-state index contributed by atoms with van der Waals surface area (Å²) in [6, 6.07) is 4.13. The first-order valence-corrected chi connectivity index (χ1v) is 5.05. The fourth-order valence-corrected chi connectivity index (χ4v) is 1.76. The molecule has 13 heavy (non-hydrogen) atoms. The van der Waals surface area contributed by atoms with Crippen LogP contribution < -0.4 is 0 Å². The van der Waals surface area contributed by atoms with E-state index in [1.54, 1.807) is 6.92 Å². The third kappa shape index (κ3) is 2.66. The molecule has 0 radical (unpaired) electrons. The first-order valence-electron chi connectivity index (χ1n) is 4.25. The molecular weight excluding hydrogens is 228 g/mol. The van der Waals surface area contributed by atoms with Crippen molar-refractivity contribution in [3.05, 3.63) is 33.3 Å². The van der Waals surface area contributed by atoms with Crippen LogP contribution in [-0.4, -0.2) is 5.78 Å². The highest BCUT2D eigenvalue weighted by molar-refractivity contribution is 9.10. The Morgan fingerprint density at radius 1 is 1.31 bits per heavy atom. The zero-order valence-corrected chi connectivity index (χ0v) is 9.73. The summed E-state index contributed by atoms with van der Waals surface area (Å²) in [5, 5.41) is 0. The topological polar surface area (TPSA) is 17.1 Å². The molecule has 0 aromatic heterocycles. The summed E-state index contributed by atoms with van der Waals surface area (Å²) in [6.45, 7) is 5.69. The van der Waals surface area contributed by atoms with Crippen molar-refractivity contribution in [1.29, 1.82) is 0 Å². The Bertz CT molecular complexity index is 342. The normalized spacial score (nSPS) is 10.2. The summed E-state index contributed by atoms with van der Waals surface area (Å²) in [6.07, 6.45) is 0.542. The van der Waals surface area contributed by atoms with Crippen LogP contribution in [0.2, 0.25) is 0 Å². The number of Topliss-reactive ketones (excluding diaryl/α,β-unsaturated/α-hetero) is 1. The van der Waals surface area contributed by atoms with Crippen LogP contribution in [0.5, 0.6) is 0 Å². The Morgan fingerprint density at radius 3 is 2.46 bits per heavy atom. The van der Waals surface area contributed by atoms with Crippen molar-refractivity contribution >= 4 is 21.7 Å². The fraction of sp³-hybridized carbons (Fsp3) is 0.364. The molecule has 0 unspecified atom stereocenters. The van der Waals surface area contributed by atoms with E-state index in [1.165, 1.54) is 11.1 Å². The first kappa shape index (κ1) is 10.5. The smallest absolute Gasteiger partial charge is 0.134 e. The van der Waals surface area contributed by atoms with Crippen LogP contribution in [0.3, 0.4) is 0 Å². The van der Waals surface area contributed by atoms with E-state index in [0.29, 0.717) is 6.42 Å². The Hall–Kier alpha value is -0.630. The van der Waals surface area contributed by atoms with Gasteiger partial charge in [0.05, 0.1) is 0 Å². The van der Waals surface area contributed by atoms with Crippen molar-refractivity contribution in [1.82, 2.24) is 0 Å². The number of aryl methyl sites for hydroxylation is 2. The third-order valence-electron chi connectivity index (χ3n) is 2.06. The van der Waals surface area contributed by atoms with E-state index in [4.69, 9.17) is 0 Å². The summed E-state index contributed by atoms with van der Waals surface area (Å²) < 4.78 is 1.11. The van der Waals surface area contributed by atoms with Gasteiger partial charge in [0.15, 0.2) is 0 Å². The largest absolute Gasteiger partial charge is 0.300 e. The van der Waals surface area contributed by atoms with E-state index >= 15 is 0 Å². The number of rotatable bonds is 2. The minimum Gasteiger partial charge on any atom is -0.300 e. The molecule has 1 aromatic carbocycles. The second-order valence-electron chi connectivity index (χ2n) is 3.41. The third-order valence-corrected chi connectivity index (χ3v) is 2.91. The lowest BCUT2D eigenvalue weighted by Gasteiger charge is -2.06. The number of hydrogen-bond donors (Lipinski definition) is 0. The molecule has 0 atom stereocenters. The lowest BCUT2D eigenvalue weighted by molar-refractivity contribution is -0.116. The number of halogens is 1. The molecular formula is C11H13BrO. The summed E-state index contributed by atoms with van der Waals surface area (Å²) in [5.74, 6) is 0.213. The van der Waals surface area contributed by atoms with Crippen molar-refractivity contribution in [2.45, 2.75) is 27.2 Å². The quantitative estimate of drug-likeness (QED) is 0.777. The van der Waals surface area contributed by atoms with Crippen molar-refractivity contribution in [3.8, 4) is 0 Å². The molecule has 0 heterocycles. The first-order chi connectivity index (χ1) is 6.00. The average Bonchev–Trinajstić information content (AvgIpc) is 1.99. The number of hydrogen-bond acceptors (Lipinski definition) is 1. The van der Waals surface area contributed by atoms with Crippen molar-refractivity contribution in [2.75, 3.05) is 0 Å². The zero-order valence-electron chi connectivity index (χ0n) is 8.15. The SMILES string of the molecule is CC(=O)Cc1cc(C)c(Br)cc1C. The minimum absolute atomic E-state index is 0.213. The van der Waals surface area contributed by atoms with E-state index in [2.05, 4.69) is 28.1 Å². The molecule has 0 bridgehead atoms. The molecule has 0 amide bonds. The van der Waals surface area contributed by atoms with Crippen LogP contribution in [0.25, 0.3) is 0 Å². The summed E-state index contributed by atoms with van der Waals surface area (Å²) in [7, 11) is 0. The molecule has 0 saturated heterocycles. The fourth-order valence-electron chi connectivity index (χ4n) is 1.30. The maximum absolute atomic E-state index is 10.9. The van der Waals surface area contributed by atoms with E-state index < -0.39 is 0 Å². The van der Waals surface area contributed by atoms with Crippen molar-refractivity contribution < 1.29 is 4.79 Å². The molecule has 0 aliphatic heterocycles. The van der Waals surface area contributed by atoms with E-state index in [1.807, 2.05) is 13.8 Å². The van der Waals surface area contributed by atoms with E-state index in [9.17, 15) is 4.79 Å². The predicted molar refractivity (Wildman–Crippen MR) is 58.0 cm³/mol. The molecule has 70 valence electrons. The predicted octanol–water partition coefficient (Wildman–Crippen LogP) is 3.20. The second-order valence-corrected chi connectivity index (χ2v) is 4.26. The molecule has 1 rings (SSSR count). The maximum atomic E-state index is 10.9. The van der Waals surface area contributed by atoms with Crippen molar-refractivity contribution in [3.63, 3.8) is 0 Å². The number of benzene rings is 1. The van der Waals surface area contributed by atoms with Gasteiger partial charge in [-0.15, -0.1) is 0 Å². The lowest BCUT2D eigenvalue weighted by Crippen LogP contribution is -1.99. The van der Waals surface area contributed by atoms with E-state index in [0.717, 1.165) is 10.0 Å². The van der Waals surface area contributed by atoms with Gasteiger partial charge in [0, 0.05) is 10.9 Å².